The van der Waals surface area contributed by atoms with Crippen LogP contribution in [0.4, 0.5) is 0 Å². The zero-order valence-electron chi connectivity index (χ0n) is 9.74. The van der Waals surface area contributed by atoms with Gasteiger partial charge < -0.3 is 9.15 Å². The number of hydrogen-bond acceptors (Lipinski definition) is 2. The second-order valence-electron chi connectivity index (χ2n) is 4.01. The number of ether oxygens (including phenoxy) is 1. The quantitative estimate of drug-likeness (QED) is 0.645. The van der Waals surface area contributed by atoms with Crippen LogP contribution in [0.5, 0.6) is 11.5 Å². The minimum Gasteiger partial charge on any atom is -0.457 e. The predicted molar refractivity (Wildman–Crippen MR) is 71.3 cm³/mol. The van der Waals surface area contributed by atoms with Gasteiger partial charge in [0.1, 0.15) is 11.5 Å². The van der Waals surface area contributed by atoms with E-state index in [2.05, 4.69) is 6.07 Å². The van der Waals surface area contributed by atoms with Crippen molar-refractivity contribution in [3.05, 3.63) is 59.3 Å². The van der Waals surface area contributed by atoms with Gasteiger partial charge in [0.15, 0.2) is 11.3 Å². The van der Waals surface area contributed by atoms with Gasteiger partial charge in [0.2, 0.25) is 0 Å². The molecule has 1 radical (unpaired) electrons. The maximum absolute atomic E-state index is 5.87. The van der Waals surface area contributed by atoms with E-state index in [0.717, 1.165) is 16.7 Å². The Balaban J connectivity index is 2.04. The fraction of sp³-hybridized carbons (Fsp3) is 0.0667. The highest BCUT2D eigenvalue weighted by molar-refractivity contribution is 6.30. The fourth-order valence-corrected chi connectivity index (χ4v) is 2.02. The summed E-state index contributed by atoms with van der Waals surface area (Å²) in [5.41, 5.74) is 0.749. The van der Waals surface area contributed by atoms with Crippen molar-refractivity contribution in [2.45, 2.75) is 6.92 Å². The molecule has 0 fully saturated rings. The fourth-order valence-electron chi connectivity index (χ4n) is 1.85. The van der Waals surface area contributed by atoms with Gasteiger partial charge in [-0.3, -0.25) is 0 Å². The van der Waals surface area contributed by atoms with E-state index in [0.29, 0.717) is 16.5 Å². The van der Waals surface area contributed by atoms with Crippen molar-refractivity contribution in [3.63, 3.8) is 0 Å². The first-order valence-electron chi connectivity index (χ1n) is 5.56. The molecule has 0 spiro atoms. The number of halogens is 1. The Morgan fingerprint density at radius 1 is 1.22 bits per heavy atom. The van der Waals surface area contributed by atoms with Gasteiger partial charge >= 0.3 is 0 Å². The van der Waals surface area contributed by atoms with Crippen LogP contribution in [-0.2, 0) is 0 Å². The van der Waals surface area contributed by atoms with Gasteiger partial charge in [0, 0.05) is 17.5 Å². The Hall–Kier alpha value is -1.93. The topological polar surface area (TPSA) is 22.4 Å². The van der Waals surface area contributed by atoms with Crippen LogP contribution in [0.2, 0.25) is 5.02 Å². The van der Waals surface area contributed by atoms with E-state index < -0.39 is 0 Å². The third kappa shape index (κ3) is 2.07. The van der Waals surface area contributed by atoms with Gasteiger partial charge in [-0.2, -0.15) is 0 Å². The summed E-state index contributed by atoms with van der Waals surface area (Å²) in [5.74, 6) is 2.21. The molecule has 0 N–H and O–H groups in total. The molecule has 1 aromatic heterocycles. The van der Waals surface area contributed by atoms with Crippen LogP contribution < -0.4 is 4.74 Å². The summed E-state index contributed by atoms with van der Waals surface area (Å²) in [5, 5.41) is 1.55. The number of rotatable bonds is 2. The molecule has 1 heterocycles. The molecule has 0 saturated carbocycles. The van der Waals surface area contributed by atoms with Crippen molar-refractivity contribution in [1.82, 2.24) is 0 Å². The van der Waals surface area contributed by atoms with Gasteiger partial charge in [-0.05, 0) is 31.2 Å². The van der Waals surface area contributed by atoms with Crippen LogP contribution in [0.15, 0.2) is 46.9 Å². The summed E-state index contributed by atoms with van der Waals surface area (Å²) in [7, 11) is 0. The van der Waals surface area contributed by atoms with Gasteiger partial charge in [0.25, 0.3) is 0 Å². The summed E-state index contributed by atoms with van der Waals surface area (Å²) in [4.78, 5) is 0. The number of fused-ring (bicyclic) bond motifs is 1. The smallest absolute Gasteiger partial charge is 0.176 e. The second kappa shape index (κ2) is 4.39. The molecule has 0 amide bonds. The van der Waals surface area contributed by atoms with E-state index in [4.69, 9.17) is 20.8 Å². The Bertz CT molecular complexity index is 701. The van der Waals surface area contributed by atoms with Crippen molar-refractivity contribution in [2.24, 2.45) is 0 Å². The predicted octanol–water partition coefficient (Wildman–Crippen LogP) is 4.99. The number of benzene rings is 2. The van der Waals surface area contributed by atoms with Crippen LogP contribution in [0.1, 0.15) is 5.76 Å². The van der Waals surface area contributed by atoms with Crippen LogP contribution in [-0.4, -0.2) is 0 Å². The number of aryl methyl sites for hydroxylation is 1. The summed E-state index contributed by atoms with van der Waals surface area (Å²) < 4.78 is 11.4. The van der Waals surface area contributed by atoms with E-state index >= 15 is 0 Å². The molecular weight excluding hydrogens is 248 g/mol. The van der Waals surface area contributed by atoms with Crippen LogP contribution in [0, 0.1) is 13.0 Å². The van der Waals surface area contributed by atoms with Gasteiger partial charge in [-0.15, -0.1) is 0 Å². The summed E-state index contributed by atoms with van der Waals surface area (Å²) in [6, 6.07) is 15.9. The van der Waals surface area contributed by atoms with Gasteiger partial charge in [0.05, 0.1) is 5.02 Å². The molecule has 0 bridgehead atoms. The maximum atomic E-state index is 5.87. The molecule has 2 nitrogen and oxygen atoms in total. The first-order valence-corrected chi connectivity index (χ1v) is 5.94. The minimum atomic E-state index is 0.523. The Labute approximate surface area is 110 Å². The molecule has 0 aliphatic rings. The van der Waals surface area contributed by atoms with Crippen molar-refractivity contribution < 1.29 is 9.15 Å². The molecule has 0 aliphatic heterocycles. The molecule has 2 aromatic carbocycles. The molecule has 3 aromatic rings. The average molecular weight is 258 g/mol. The minimum absolute atomic E-state index is 0.523. The van der Waals surface area contributed by atoms with Crippen LogP contribution in [0.25, 0.3) is 11.0 Å². The lowest BCUT2D eigenvalue weighted by Crippen LogP contribution is -1.84. The zero-order chi connectivity index (χ0) is 12.5. The molecule has 0 atom stereocenters. The highest BCUT2D eigenvalue weighted by Crippen LogP contribution is 2.32. The van der Waals surface area contributed by atoms with E-state index in [1.54, 1.807) is 18.2 Å². The van der Waals surface area contributed by atoms with E-state index in [1.165, 1.54) is 0 Å². The molecule has 3 rings (SSSR count). The van der Waals surface area contributed by atoms with Crippen LogP contribution >= 0.6 is 11.6 Å². The number of hydrogen-bond donors (Lipinski definition) is 0. The molecule has 0 unspecified atom stereocenters. The summed E-state index contributed by atoms with van der Waals surface area (Å²) in [6.45, 7) is 1.91. The van der Waals surface area contributed by atoms with E-state index in [9.17, 15) is 0 Å². The first kappa shape index (κ1) is 11.2. The summed E-state index contributed by atoms with van der Waals surface area (Å²) in [6.07, 6.45) is 0. The normalized spacial score (nSPS) is 10.8. The largest absolute Gasteiger partial charge is 0.457 e. The zero-order valence-corrected chi connectivity index (χ0v) is 10.5. The SMILES string of the molecule is Cc1cc2cccc(Oc3cc[c]c(Cl)c3)c2o1. The first-order chi connectivity index (χ1) is 8.72. The standard InChI is InChI=1S/C15H10ClO2/c1-10-8-11-4-2-7-14(15(11)17-10)18-13-6-3-5-12(16)9-13/h2-4,6-9H,1H3. The summed E-state index contributed by atoms with van der Waals surface area (Å²) >= 11 is 5.87. The highest BCUT2D eigenvalue weighted by atomic mass is 35.5. The van der Waals surface area contributed by atoms with Gasteiger partial charge in [-0.25, -0.2) is 0 Å². The number of para-hydroxylation sites is 1. The van der Waals surface area contributed by atoms with Gasteiger partial charge in [-0.1, -0.05) is 23.7 Å². The lowest BCUT2D eigenvalue weighted by atomic mass is 10.2. The molecule has 3 heteroatoms. The molecule has 0 saturated heterocycles. The highest BCUT2D eigenvalue weighted by Gasteiger charge is 2.08. The van der Waals surface area contributed by atoms with Crippen molar-refractivity contribution in [1.29, 1.82) is 0 Å². The average Bonchev–Trinajstić information content (AvgIpc) is 2.71. The molecule has 18 heavy (non-hydrogen) atoms. The Kier molecular flexibility index (Phi) is 2.73. The number of furan rings is 1. The van der Waals surface area contributed by atoms with Crippen molar-refractivity contribution in [3.8, 4) is 11.5 Å². The monoisotopic (exact) mass is 257 g/mol. The molecular formula is C15H10ClO2. The third-order valence-corrected chi connectivity index (χ3v) is 2.82. The molecule has 0 aliphatic carbocycles. The Morgan fingerprint density at radius 3 is 2.94 bits per heavy atom. The maximum Gasteiger partial charge on any atom is 0.176 e. The lowest BCUT2D eigenvalue weighted by Gasteiger charge is -2.05. The third-order valence-electron chi connectivity index (χ3n) is 2.60. The van der Waals surface area contributed by atoms with Crippen molar-refractivity contribution in [2.75, 3.05) is 0 Å². The van der Waals surface area contributed by atoms with Crippen LogP contribution in [0.3, 0.4) is 0 Å². The van der Waals surface area contributed by atoms with E-state index in [1.807, 2.05) is 31.2 Å². The Morgan fingerprint density at radius 2 is 2.11 bits per heavy atom. The second-order valence-corrected chi connectivity index (χ2v) is 4.41. The van der Waals surface area contributed by atoms with E-state index in [-0.39, 0.29) is 0 Å². The molecule has 89 valence electrons. The lowest BCUT2D eigenvalue weighted by molar-refractivity contribution is 0.469. The van der Waals surface area contributed by atoms with Crippen molar-refractivity contribution >= 4 is 22.6 Å².